The number of fused-ring (bicyclic) bond motifs is 1. The van der Waals surface area contributed by atoms with Crippen LogP contribution in [-0.4, -0.2) is 40.1 Å². The molecular formula is C23H26N6O3. The van der Waals surface area contributed by atoms with Gasteiger partial charge in [-0.15, -0.1) is 0 Å². The molecule has 2 N–H and O–H groups in total. The van der Waals surface area contributed by atoms with Gasteiger partial charge in [0.2, 0.25) is 11.8 Å². The van der Waals surface area contributed by atoms with Crippen LogP contribution in [-0.2, 0) is 16.6 Å². The predicted octanol–water partition coefficient (Wildman–Crippen LogP) is 3.23. The van der Waals surface area contributed by atoms with Crippen LogP contribution in [0.15, 0.2) is 71.0 Å². The number of rotatable bonds is 7. The maximum atomic E-state index is 13.3. The molecule has 0 saturated heterocycles. The lowest BCUT2D eigenvalue weighted by atomic mass is 10.2. The number of carbonyl (C=O) groups is 1. The van der Waals surface area contributed by atoms with Crippen LogP contribution in [0.25, 0.3) is 16.7 Å². The second kappa shape index (κ2) is 9.78. The minimum atomic E-state index is -0.334. The quantitative estimate of drug-likeness (QED) is 0.338. The van der Waals surface area contributed by atoms with Gasteiger partial charge in [-0.1, -0.05) is 25.6 Å². The van der Waals surface area contributed by atoms with Crippen LogP contribution in [0.4, 0.5) is 11.4 Å². The minimum Gasteiger partial charge on any atom is -0.480 e. The monoisotopic (exact) mass is 434 g/mol. The number of imidazole rings is 1. The van der Waals surface area contributed by atoms with Crippen molar-refractivity contribution >= 4 is 34.2 Å². The number of allylic oxidation sites excluding steroid dienone is 1. The van der Waals surface area contributed by atoms with Crippen molar-refractivity contribution in [1.29, 1.82) is 0 Å². The maximum absolute atomic E-state index is 13.3. The van der Waals surface area contributed by atoms with Gasteiger partial charge in [-0.25, -0.2) is 4.98 Å². The molecule has 0 aliphatic rings. The van der Waals surface area contributed by atoms with Gasteiger partial charge in [-0.2, -0.15) is 0 Å². The number of aromatic nitrogens is 3. The number of carbonyl (C=O) groups excluding carboxylic acids is 1. The van der Waals surface area contributed by atoms with Crippen LogP contribution < -0.4 is 16.2 Å². The van der Waals surface area contributed by atoms with Gasteiger partial charge in [0, 0.05) is 26.0 Å². The van der Waals surface area contributed by atoms with Crippen molar-refractivity contribution in [2.45, 2.75) is 13.3 Å². The van der Waals surface area contributed by atoms with Crippen LogP contribution in [0.5, 0.6) is 0 Å². The topological polar surface area (TPSA) is 103 Å². The lowest BCUT2D eigenvalue weighted by molar-refractivity contribution is -0.111. The molecule has 0 unspecified atom stereocenters. The fourth-order valence-corrected chi connectivity index (χ4v) is 3.32. The number of nitrogens with zero attached hydrogens (tertiary/aromatic N) is 4. The van der Waals surface area contributed by atoms with Crippen LogP contribution in [0.2, 0.25) is 0 Å². The average Bonchev–Trinajstić information content (AvgIpc) is 3.18. The molecule has 32 heavy (non-hydrogen) atoms. The van der Waals surface area contributed by atoms with Gasteiger partial charge in [-0.3, -0.25) is 19.1 Å². The number of amides is 1. The van der Waals surface area contributed by atoms with Crippen molar-refractivity contribution in [3.05, 3.63) is 71.6 Å². The Hall–Kier alpha value is -4.14. The number of methoxy groups -OCH3 is 1. The van der Waals surface area contributed by atoms with Gasteiger partial charge in [0.25, 0.3) is 5.56 Å². The molecule has 0 atom stereocenters. The molecule has 2 heterocycles. The summed E-state index contributed by atoms with van der Waals surface area (Å²) >= 11 is 0. The van der Waals surface area contributed by atoms with Gasteiger partial charge in [-0.05, 0) is 30.7 Å². The number of anilines is 2. The molecule has 166 valence electrons. The highest BCUT2D eigenvalue weighted by Crippen LogP contribution is 2.23. The lowest BCUT2D eigenvalue weighted by Crippen LogP contribution is -2.22. The zero-order chi connectivity index (χ0) is 23.3. The number of nitrogens with one attached hydrogen (secondary N) is 2. The Morgan fingerprint density at radius 1 is 1.34 bits per heavy atom. The average molecular weight is 435 g/mol. The largest absolute Gasteiger partial charge is 0.480 e. The minimum absolute atomic E-state index is 0.241. The molecule has 3 aromatic rings. The first-order valence-corrected chi connectivity index (χ1v) is 10.0. The van der Waals surface area contributed by atoms with E-state index in [9.17, 15) is 9.59 Å². The third-order valence-corrected chi connectivity index (χ3v) is 4.75. The number of aryl methyl sites for hydroxylation is 1. The third kappa shape index (κ3) is 4.46. The van der Waals surface area contributed by atoms with E-state index in [1.807, 2.05) is 13.0 Å². The zero-order valence-electron chi connectivity index (χ0n) is 18.5. The highest BCUT2D eigenvalue weighted by atomic mass is 16.5. The highest BCUT2D eigenvalue weighted by Gasteiger charge is 2.17. The van der Waals surface area contributed by atoms with Crippen molar-refractivity contribution in [1.82, 2.24) is 14.1 Å². The van der Waals surface area contributed by atoms with E-state index >= 15 is 0 Å². The molecule has 1 amide bonds. The van der Waals surface area contributed by atoms with Crippen molar-refractivity contribution in [2.75, 3.05) is 24.8 Å². The number of hydrogen-bond donors (Lipinski definition) is 2. The van der Waals surface area contributed by atoms with E-state index < -0.39 is 0 Å². The first-order chi connectivity index (χ1) is 15.4. The van der Waals surface area contributed by atoms with Crippen molar-refractivity contribution in [3.8, 4) is 5.69 Å². The van der Waals surface area contributed by atoms with Gasteiger partial charge in [0.05, 0.1) is 30.5 Å². The summed E-state index contributed by atoms with van der Waals surface area (Å²) in [6, 6.07) is 7.00. The summed E-state index contributed by atoms with van der Waals surface area (Å²) in [6.07, 6.45) is 7.16. The van der Waals surface area contributed by atoms with E-state index in [4.69, 9.17) is 4.74 Å². The Bertz CT molecular complexity index is 1280. The van der Waals surface area contributed by atoms with E-state index in [2.05, 4.69) is 27.2 Å². The summed E-state index contributed by atoms with van der Waals surface area (Å²) in [5.41, 5.74) is 3.12. The molecule has 9 nitrogen and oxygen atoms in total. The summed E-state index contributed by atoms with van der Waals surface area (Å²) in [5, 5.41) is 6.03. The first kappa shape index (κ1) is 22.5. The molecule has 0 saturated carbocycles. The number of pyridine rings is 1. The summed E-state index contributed by atoms with van der Waals surface area (Å²) in [7, 11) is 4.96. The summed E-state index contributed by atoms with van der Waals surface area (Å²) < 4.78 is 8.57. The Balaban J connectivity index is 2.19. The van der Waals surface area contributed by atoms with Crippen molar-refractivity contribution in [3.63, 3.8) is 0 Å². The first-order valence-electron chi connectivity index (χ1n) is 10.0. The second-order valence-corrected chi connectivity index (χ2v) is 6.90. The Morgan fingerprint density at radius 2 is 2.12 bits per heavy atom. The summed E-state index contributed by atoms with van der Waals surface area (Å²) in [5.74, 6) is 0.0991. The normalized spacial score (nSPS) is 12.0. The molecule has 0 aliphatic heterocycles. The molecule has 0 fully saturated rings. The third-order valence-electron chi connectivity index (χ3n) is 4.75. The van der Waals surface area contributed by atoms with Gasteiger partial charge < -0.3 is 19.9 Å². The van der Waals surface area contributed by atoms with E-state index in [-0.39, 0.29) is 11.5 Å². The highest BCUT2D eigenvalue weighted by molar-refractivity contribution is 6.00. The Labute approximate surface area is 185 Å². The lowest BCUT2D eigenvalue weighted by Gasteiger charge is -2.15. The number of aliphatic imine (C=N–C) groups is 1. The molecule has 3 rings (SSSR count). The smallest absolute Gasteiger partial charge is 0.281 e. The molecule has 1 aromatic carbocycles. The predicted molar refractivity (Wildman–Crippen MR) is 128 cm³/mol. The summed E-state index contributed by atoms with van der Waals surface area (Å²) in [6.45, 7) is 5.47. The van der Waals surface area contributed by atoms with Crippen LogP contribution in [0.3, 0.4) is 0 Å². The van der Waals surface area contributed by atoms with E-state index in [1.165, 1.54) is 10.6 Å². The Kier molecular flexibility index (Phi) is 6.89. The number of ether oxygens (including phenoxy) is 1. The van der Waals surface area contributed by atoms with Crippen molar-refractivity contribution in [2.24, 2.45) is 12.0 Å². The molecule has 0 spiro atoms. The van der Waals surface area contributed by atoms with Crippen LogP contribution >= 0.6 is 0 Å². The molecule has 0 bridgehead atoms. The number of benzene rings is 1. The SMILES string of the molecule is C=CC(=O)Nc1cccc(-n2cc(N/C(=C/CC)C(=NC)OC)c3ncn(C)c3c2=O)c1. The van der Waals surface area contributed by atoms with E-state index in [0.717, 1.165) is 6.42 Å². The van der Waals surface area contributed by atoms with Crippen LogP contribution in [0, 0.1) is 0 Å². The molecule has 2 aromatic heterocycles. The summed E-state index contributed by atoms with van der Waals surface area (Å²) in [4.78, 5) is 33.6. The number of hydrogen-bond acceptors (Lipinski definition) is 6. The second-order valence-electron chi connectivity index (χ2n) is 6.90. The molecular weight excluding hydrogens is 408 g/mol. The Morgan fingerprint density at radius 3 is 2.78 bits per heavy atom. The van der Waals surface area contributed by atoms with Crippen LogP contribution in [0.1, 0.15) is 13.3 Å². The molecule has 0 radical (unpaired) electrons. The maximum Gasteiger partial charge on any atom is 0.281 e. The van der Waals surface area contributed by atoms with Gasteiger partial charge in [0.15, 0.2) is 0 Å². The van der Waals surface area contributed by atoms with Gasteiger partial charge >= 0.3 is 0 Å². The molecule has 9 heteroatoms. The fraction of sp³-hybridized carbons (Fsp3) is 0.217. The fourth-order valence-electron chi connectivity index (χ4n) is 3.32. The van der Waals surface area contributed by atoms with E-state index in [1.54, 1.807) is 62.6 Å². The van der Waals surface area contributed by atoms with E-state index in [0.29, 0.717) is 39.7 Å². The van der Waals surface area contributed by atoms with Gasteiger partial charge in [0.1, 0.15) is 11.0 Å². The van der Waals surface area contributed by atoms with Crippen molar-refractivity contribution < 1.29 is 9.53 Å². The zero-order valence-corrected chi connectivity index (χ0v) is 18.5. The molecule has 0 aliphatic carbocycles. The standard InChI is InChI=1S/C23H26N6O3/c1-6-9-17(22(24-3)32-5)27-18-13-29(23(31)21-20(18)25-14-28(21)4)16-11-8-10-15(12-16)26-19(30)7-2/h7-14,27H,2,6H2,1,3-5H3,(H,26,30)/b17-9+,24-22?.